The molecule has 0 saturated heterocycles. The standard InChI is InChI=1S/C10H10F3NO2/c1-7(15)14-8-4-2-3-5-9(8)16-6-10(11,12)13/h2-5H,6H2,1H3,(H,14,15). The van der Waals surface area contributed by atoms with Gasteiger partial charge in [-0.15, -0.1) is 0 Å². The summed E-state index contributed by atoms with van der Waals surface area (Å²) in [6.45, 7) is -0.121. The Kier molecular flexibility index (Phi) is 3.76. The lowest BCUT2D eigenvalue weighted by molar-refractivity contribution is -0.153. The predicted octanol–water partition coefficient (Wildman–Crippen LogP) is 2.59. The second kappa shape index (κ2) is 4.87. The van der Waals surface area contributed by atoms with Gasteiger partial charge in [0.2, 0.25) is 5.91 Å². The monoisotopic (exact) mass is 233 g/mol. The minimum Gasteiger partial charge on any atom is -0.482 e. The maximum atomic E-state index is 11.9. The Morgan fingerprint density at radius 2 is 2.00 bits per heavy atom. The Bertz CT molecular complexity index is 377. The van der Waals surface area contributed by atoms with Gasteiger partial charge in [-0.25, -0.2) is 0 Å². The lowest BCUT2D eigenvalue weighted by Gasteiger charge is -2.12. The fourth-order valence-electron chi connectivity index (χ4n) is 1.05. The highest BCUT2D eigenvalue weighted by Crippen LogP contribution is 2.26. The van der Waals surface area contributed by atoms with E-state index in [4.69, 9.17) is 0 Å². The van der Waals surface area contributed by atoms with Crippen LogP contribution in [-0.4, -0.2) is 18.7 Å². The van der Waals surface area contributed by atoms with Crippen LogP contribution in [0.4, 0.5) is 18.9 Å². The maximum Gasteiger partial charge on any atom is 0.422 e. The van der Waals surface area contributed by atoms with Crippen LogP contribution in [0.15, 0.2) is 24.3 Å². The SMILES string of the molecule is CC(=O)Nc1ccccc1OCC(F)(F)F. The Hall–Kier alpha value is -1.72. The van der Waals surface area contributed by atoms with Gasteiger partial charge in [-0.1, -0.05) is 12.1 Å². The zero-order chi connectivity index (χ0) is 12.2. The molecule has 0 aliphatic rings. The van der Waals surface area contributed by atoms with Gasteiger partial charge in [0.15, 0.2) is 6.61 Å². The number of rotatable bonds is 3. The molecule has 0 aromatic heterocycles. The summed E-state index contributed by atoms with van der Waals surface area (Å²) in [6.07, 6.45) is -4.40. The highest BCUT2D eigenvalue weighted by molar-refractivity contribution is 5.90. The smallest absolute Gasteiger partial charge is 0.422 e. The molecule has 16 heavy (non-hydrogen) atoms. The van der Waals surface area contributed by atoms with E-state index in [-0.39, 0.29) is 17.3 Å². The van der Waals surface area contributed by atoms with Crippen LogP contribution >= 0.6 is 0 Å². The second-order valence-electron chi connectivity index (χ2n) is 3.08. The van der Waals surface area contributed by atoms with Crippen molar-refractivity contribution >= 4 is 11.6 Å². The van der Waals surface area contributed by atoms with Gasteiger partial charge < -0.3 is 10.1 Å². The molecule has 1 aromatic rings. The molecule has 0 bridgehead atoms. The summed E-state index contributed by atoms with van der Waals surface area (Å²) >= 11 is 0. The fraction of sp³-hybridized carbons (Fsp3) is 0.300. The molecule has 0 saturated carbocycles. The van der Waals surface area contributed by atoms with Gasteiger partial charge in [0.05, 0.1) is 5.69 Å². The van der Waals surface area contributed by atoms with Gasteiger partial charge in [0, 0.05) is 6.92 Å². The first-order valence-electron chi connectivity index (χ1n) is 4.44. The Balaban J connectivity index is 2.75. The van der Waals surface area contributed by atoms with E-state index in [0.29, 0.717) is 0 Å². The van der Waals surface area contributed by atoms with Crippen LogP contribution in [0.3, 0.4) is 0 Å². The van der Waals surface area contributed by atoms with Crippen molar-refractivity contribution < 1.29 is 22.7 Å². The van der Waals surface area contributed by atoms with Crippen LogP contribution in [-0.2, 0) is 4.79 Å². The van der Waals surface area contributed by atoms with Crippen LogP contribution in [0.5, 0.6) is 5.75 Å². The van der Waals surface area contributed by atoms with E-state index in [1.54, 1.807) is 6.07 Å². The molecule has 1 amide bonds. The van der Waals surface area contributed by atoms with Crippen molar-refractivity contribution in [2.45, 2.75) is 13.1 Å². The lowest BCUT2D eigenvalue weighted by Crippen LogP contribution is -2.20. The number of hydrogen-bond donors (Lipinski definition) is 1. The van der Waals surface area contributed by atoms with Crippen LogP contribution in [0.1, 0.15) is 6.92 Å². The van der Waals surface area contributed by atoms with Crippen LogP contribution in [0.25, 0.3) is 0 Å². The van der Waals surface area contributed by atoms with Gasteiger partial charge in [0.1, 0.15) is 5.75 Å². The van der Waals surface area contributed by atoms with E-state index in [0.717, 1.165) is 0 Å². The molecule has 0 heterocycles. The molecule has 0 fully saturated rings. The first-order chi connectivity index (χ1) is 7.38. The molecular weight excluding hydrogens is 223 g/mol. The quantitative estimate of drug-likeness (QED) is 0.871. The van der Waals surface area contributed by atoms with Crippen LogP contribution < -0.4 is 10.1 Å². The average Bonchev–Trinajstić information content (AvgIpc) is 2.14. The zero-order valence-corrected chi connectivity index (χ0v) is 8.47. The minimum absolute atomic E-state index is 0.00461. The molecule has 88 valence electrons. The van der Waals surface area contributed by atoms with Crippen molar-refractivity contribution in [3.63, 3.8) is 0 Å². The first-order valence-corrected chi connectivity index (χ1v) is 4.44. The number of nitrogens with one attached hydrogen (secondary N) is 1. The number of hydrogen-bond acceptors (Lipinski definition) is 2. The Morgan fingerprint density at radius 3 is 2.56 bits per heavy atom. The summed E-state index contributed by atoms with van der Waals surface area (Å²) in [4.78, 5) is 10.8. The van der Waals surface area contributed by atoms with Crippen molar-refractivity contribution in [3.8, 4) is 5.75 Å². The van der Waals surface area contributed by atoms with Crippen molar-refractivity contribution in [3.05, 3.63) is 24.3 Å². The molecule has 0 atom stereocenters. The molecule has 1 N–H and O–H groups in total. The molecule has 6 heteroatoms. The molecule has 0 aliphatic carbocycles. The van der Waals surface area contributed by atoms with E-state index < -0.39 is 12.8 Å². The number of carbonyl (C=O) groups is 1. The molecule has 0 aliphatic heterocycles. The highest BCUT2D eigenvalue weighted by atomic mass is 19.4. The number of para-hydroxylation sites is 2. The molecule has 0 radical (unpaired) electrons. The van der Waals surface area contributed by atoms with E-state index in [1.807, 2.05) is 0 Å². The number of alkyl halides is 3. The normalized spacial score (nSPS) is 11.0. The first kappa shape index (κ1) is 12.4. The number of amides is 1. The largest absolute Gasteiger partial charge is 0.482 e. The van der Waals surface area contributed by atoms with Crippen molar-refractivity contribution in [2.24, 2.45) is 0 Å². The highest BCUT2D eigenvalue weighted by Gasteiger charge is 2.28. The predicted molar refractivity (Wildman–Crippen MR) is 52.3 cm³/mol. The van der Waals surface area contributed by atoms with Gasteiger partial charge in [-0.3, -0.25) is 4.79 Å². The summed E-state index contributed by atoms with van der Waals surface area (Å²) in [7, 11) is 0. The Morgan fingerprint density at radius 1 is 1.38 bits per heavy atom. The summed E-state index contributed by atoms with van der Waals surface area (Å²) in [5, 5.41) is 2.38. The molecule has 1 rings (SSSR count). The number of ether oxygens (including phenoxy) is 1. The van der Waals surface area contributed by atoms with Gasteiger partial charge >= 0.3 is 6.18 Å². The van der Waals surface area contributed by atoms with Gasteiger partial charge in [-0.05, 0) is 12.1 Å². The third kappa shape index (κ3) is 4.20. The average molecular weight is 233 g/mol. The molecule has 0 unspecified atom stereocenters. The summed E-state index contributed by atoms with van der Waals surface area (Å²) in [5.41, 5.74) is 0.222. The van der Waals surface area contributed by atoms with Crippen molar-refractivity contribution in [1.29, 1.82) is 0 Å². The van der Waals surface area contributed by atoms with Gasteiger partial charge in [0.25, 0.3) is 0 Å². The van der Waals surface area contributed by atoms with Gasteiger partial charge in [-0.2, -0.15) is 13.2 Å². The third-order valence-electron chi connectivity index (χ3n) is 1.59. The number of halogens is 3. The van der Waals surface area contributed by atoms with E-state index >= 15 is 0 Å². The zero-order valence-electron chi connectivity index (χ0n) is 8.47. The molecule has 3 nitrogen and oxygen atoms in total. The molecule has 1 aromatic carbocycles. The topological polar surface area (TPSA) is 38.3 Å². The second-order valence-corrected chi connectivity index (χ2v) is 3.08. The molecule has 0 spiro atoms. The number of anilines is 1. The van der Waals surface area contributed by atoms with E-state index in [9.17, 15) is 18.0 Å². The van der Waals surface area contributed by atoms with E-state index in [1.165, 1.54) is 25.1 Å². The van der Waals surface area contributed by atoms with Crippen LogP contribution in [0, 0.1) is 0 Å². The van der Waals surface area contributed by atoms with Crippen molar-refractivity contribution in [1.82, 2.24) is 0 Å². The summed E-state index contributed by atoms with van der Waals surface area (Å²) in [6, 6.07) is 5.94. The van der Waals surface area contributed by atoms with Crippen LogP contribution in [0.2, 0.25) is 0 Å². The number of benzene rings is 1. The summed E-state index contributed by atoms with van der Waals surface area (Å²) in [5.74, 6) is -0.377. The fourth-order valence-corrected chi connectivity index (χ4v) is 1.05. The lowest BCUT2D eigenvalue weighted by atomic mass is 10.3. The third-order valence-corrected chi connectivity index (χ3v) is 1.59. The molecular formula is C10H10F3NO2. The minimum atomic E-state index is -4.40. The maximum absolute atomic E-state index is 11.9. The summed E-state index contributed by atoms with van der Waals surface area (Å²) < 4.78 is 40.3. The number of carbonyl (C=O) groups excluding carboxylic acids is 1. The van der Waals surface area contributed by atoms with E-state index in [2.05, 4.69) is 10.1 Å². The van der Waals surface area contributed by atoms with Crippen molar-refractivity contribution in [2.75, 3.05) is 11.9 Å². The Labute approximate surface area is 90.2 Å².